The number of thiazole rings is 1. The van der Waals surface area contributed by atoms with E-state index >= 15 is 0 Å². The molecule has 31 heavy (non-hydrogen) atoms. The van der Waals surface area contributed by atoms with Crippen molar-refractivity contribution in [3.8, 4) is 0 Å². The molecule has 3 heterocycles. The highest BCUT2D eigenvalue weighted by molar-refractivity contribution is 7.22. The van der Waals surface area contributed by atoms with Gasteiger partial charge in [-0.3, -0.25) is 18.7 Å². The van der Waals surface area contributed by atoms with Crippen molar-refractivity contribution >= 4 is 38.4 Å². The predicted molar refractivity (Wildman–Crippen MR) is 124 cm³/mol. The van der Waals surface area contributed by atoms with Crippen LogP contribution in [0.5, 0.6) is 0 Å². The number of anilines is 2. The van der Waals surface area contributed by atoms with Crippen LogP contribution in [0.25, 0.3) is 10.3 Å². The number of allylic oxidation sites excluding steroid dienone is 1. The van der Waals surface area contributed by atoms with E-state index in [2.05, 4.69) is 21.8 Å². The average molecular weight is 440 g/mol. The number of carbonyl (C=O) groups is 1. The molecule has 0 atom stereocenters. The number of carbonyl (C=O) groups excluding carboxylic acids is 1. The lowest BCUT2D eigenvalue weighted by atomic mass is 10.1. The third-order valence-electron chi connectivity index (χ3n) is 5.33. The first-order chi connectivity index (χ1) is 15.0. The van der Waals surface area contributed by atoms with E-state index in [1.165, 1.54) is 28.4 Å². The van der Waals surface area contributed by atoms with Crippen LogP contribution in [0.4, 0.5) is 10.8 Å². The van der Waals surface area contributed by atoms with Gasteiger partial charge >= 0.3 is 5.69 Å². The predicted octanol–water partition coefficient (Wildman–Crippen LogP) is 2.74. The molecule has 0 saturated carbocycles. The van der Waals surface area contributed by atoms with Crippen molar-refractivity contribution in [1.82, 2.24) is 14.1 Å². The third-order valence-corrected chi connectivity index (χ3v) is 6.42. The Kier molecular flexibility index (Phi) is 6.03. The molecule has 0 bridgehead atoms. The summed E-state index contributed by atoms with van der Waals surface area (Å²) in [7, 11) is 0. The maximum Gasteiger partial charge on any atom is 0.333 e. The Morgan fingerprint density at radius 3 is 2.55 bits per heavy atom. The average Bonchev–Trinajstić information content (AvgIpc) is 3.22. The van der Waals surface area contributed by atoms with Crippen molar-refractivity contribution in [2.45, 2.75) is 39.3 Å². The second-order valence-electron chi connectivity index (χ2n) is 7.68. The zero-order chi connectivity index (χ0) is 22.0. The summed E-state index contributed by atoms with van der Waals surface area (Å²) >= 11 is 1.28. The number of nitrogens with one attached hydrogen (secondary N) is 1. The summed E-state index contributed by atoms with van der Waals surface area (Å²) in [6.07, 6.45) is 4.82. The second-order valence-corrected chi connectivity index (χ2v) is 8.66. The molecule has 1 fully saturated rings. The number of aromatic nitrogens is 3. The Labute approximate surface area is 183 Å². The lowest BCUT2D eigenvalue weighted by Crippen LogP contribution is -2.41. The van der Waals surface area contributed by atoms with Gasteiger partial charge in [0.25, 0.3) is 5.56 Å². The molecule has 0 aliphatic carbocycles. The number of benzene rings is 1. The van der Waals surface area contributed by atoms with Crippen LogP contribution in [0.15, 0.2) is 46.5 Å². The van der Waals surface area contributed by atoms with Gasteiger partial charge in [0.05, 0.1) is 0 Å². The van der Waals surface area contributed by atoms with Gasteiger partial charge in [-0.2, -0.15) is 0 Å². The molecule has 1 aromatic carbocycles. The van der Waals surface area contributed by atoms with Crippen LogP contribution in [0.3, 0.4) is 0 Å². The van der Waals surface area contributed by atoms with Crippen molar-refractivity contribution in [1.29, 1.82) is 0 Å². The minimum atomic E-state index is -0.563. The molecule has 1 aliphatic rings. The van der Waals surface area contributed by atoms with Crippen LogP contribution < -0.4 is 21.5 Å². The summed E-state index contributed by atoms with van der Waals surface area (Å²) in [5, 5.41) is 3.52. The van der Waals surface area contributed by atoms with Gasteiger partial charge in [-0.05, 0) is 38.3 Å². The topological polar surface area (TPSA) is 89.2 Å². The summed E-state index contributed by atoms with van der Waals surface area (Å²) in [6.45, 7) is 7.20. The maximum atomic E-state index is 13.1. The summed E-state index contributed by atoms with van der Waals surface area (Å²) in [5.41, 5.74) is 1.04. The van der Waals surface area contributed by atoms with E-state index in [1.807, 2.05) is 31.2 Å². The number of hydrogen-bond donors (Lipinski definition) is 1. The highest BCUT2D eigenvalue weighted by atomic mass is 32.1. The fourth-order valence-corrected chi connectivity index (χ4v) is 4.77. The van der Waals surface area contributed by atoms with Crippen molar-refractivity contribution < 1.29 is 4.79 Å². The zero-order valence-corrected chi connectivity index (χ0v) is 18.3. The number of fused-ring (bicyclic) bond motifs is 1. The van der Waals surface area contributed by atoms with Crippen LogP contribution in [-0.4, -0.2) is 33.1 Å². The maximum absolute atomic E-state index is 13.1. The molecule has 1 N–H and O–H groups in total. The van der Waals surface area contributed by atoms with E-state index in [0.717, 1.165) is 41.2 Å². The van der Waals surface area contributed by atoms with Gasteiger partial charge in [0, 0.05) is 25.3 Å². The van der Waals surface area contributed by atoms with Gasteiger partial charge in [0.2, 0.25) is 5.91 Å². The number of aryl methyl sites for hydroxylation is 1. The highest BCUT2D eigenvalue weighted by Gasteiger charge is 2.22. The molecule has 0 radical (unpaired) electrons. The summed E-state index contributed by atoms with van der Waals surface area (Å²) in [6, 6.07) is 7.41. The van der Waals surface area contributed by atoms with E-state index in [0.29, 0.717) is 10.4 Å². The number of nitrogens with zero attached hydrogens (tertiary/aromatic N) is 4. The molecule has 4 rings (SSSR count). The van der Waals surface area contributed by atoms with E-state index in [-0.39, 0.29) is 24.6 Å². The minimum absolute atomic E-state index is 0.0735. The van der Waals surface area contributed by atoms with Crippen LogP contribution in [0, 0.1) is 6.92 Å². The molecular formula is C22H25N5O3S. The zero-order valence-electron chi connectivity index (χ0n) is 17.5. The van der Waals surface area contributed by atoms with Crippen molar-refractivity contribution in [3.05, 3.63) is 63.3 Å². The minimum Gasteiger partial charge on any atom is -0.348 e. The monoisotopic (exact) mass is 439 g/mol. The first-order valence-electron chi connectivity index (χ1n) is 10.3. The second kappa shape index (κ2) is 8.89. The molecule has 0 unspecified atom stereocenters. The Hall–Kier alpha value is -3.20. The molecule has 1 aliphatic heterocycles. The number of amides is 1. The lowest BCUT2D eigenvalue weighted by Gasteiger charge is -2.25. The van der Waals surface area contributed by atoms with Crippen molar-refractivity contribution in [3.63, 3.8) is 0 Å². The summed E-state index contributed by atoms with van der Waals surface area (Å²) < 4.78 is 2.77. The van der Waals surface area contributed by atoms with Crippen LogP contribution in [0.2, 0.25) is 0 Å². The van der Waals surface area contributed by atoms with Gasteiger partial charge in [0.1, 0.15) is 11.2 Å². The number of rotatable bonds is 6. The van der Waals surface area contributed by atoms with Gasteiger partial charge in [-0.1, -0.05) is 35.1 Å². The Bertz CT molecular complexity index is 1230. The third kappa shape index (κ3) is 4.32. The van der Waals surface area contributed by atoms with Crippen LogP contribution in [-0.2, 0) is 17.9 Å². The molecule has 1 amide bonds. The molecule has 2 aromatic heterocycles. The van der Waals surface area contributed by atoms with Gasteiger partial charge < -0.3 is 10.2 Å². The van der Waals surface area contributed by atoms with Crippen LogP contribution in [0.1, 0.15) is 24.8 Å². The highest BCUT2D eigenvalue weighted by Crippen LogP contribution is 2.28. The van der Waals surface area contributed by atoms with E-state index in [9.17, 15) is 14.4 Å². The summed E-state index contributed by atoms with van der Waals surface area (Å²) in [5.74, 6) is -0.358. The fourth-order valence-electron chi connectivity index (χ4n) is 3.70. The largest absolute Gasteiger partial charge is 0.348 e. The Balaban J connectivity index is 1.74. The quantitative estimate of drug-likeness (QED) is 0.597. The number of hydrogen-bond acceptors (Lipinski definition) is 6. The fraction of sp³-hybridized carbons (Fsp3) is 0.364. The first kappa shape index (κ1) is 21.0. The number of piperidine rings is 1. The van der Waals surface area contributed by atoms with Crippen LogP contribution >= 0.6 is 11.3 Å². The molecule has 162 valence electrons. The van der Waals surface area contributed by atoms with E-state index in [1.54, 1.807) is 0 Å². The molecule has 3 aromatic rings. The lowest BCUT2D eigenvalue weighted by molar-refractivity contribution is -0.116. The SMILES string of the molecule is C=CCn1c(=O)c2sc(N3CCCCC3)nc2n(CC(=O)Nc2ccc(C)cc2)c1=O. The van der Waals surface area contributed by atoms with Gasteiger partial charge in [-0.25, -0.2) is 9.78 Å². The van der Waals surface area contributed by atoms with Gasteiger partial charge in [0.15, 0.2) is 10.8 Å². The molecule has 8 nitrogen and oxygen atoms in total. The molecule has 0 spiro atoms. The Morgan fingerprint density at radius 1 is 1.16 bits per heavy atom. The normalized spacial score (nSPS) is 14.0. The Morgan fingerprint density at radius 2 is 1.87 bits per heavy atom. The molecule has 1 saturated heterocycles. The van der Waals surface area contributed by atoms with Crippen molar-refractivity contribution in [2.75, 3.05) is 23.3 Å². The first-order valence-corrected chi connectivity index (χ1v) is 11.2. The standard InChI is InChI=1S/C22H25N5O3S/c1-3-11-26-20(29)18-19(24-21(31-18)25-12-5-4-6-13-25)27(22(26)30)14-17(28)23-16-9-7-15(2)8-10-16/h3,7-10H,1,4-6,11-14H2,2H3,(H,23,28). The smallest absolute Gasteiger partial charge is 0.333 e. The van der Waals surface area contributed by atoms with E-state index < -0.39 is 11.2 Å². The van der Waals surface area contributed by atoms with E-state index in [4.69, 9.17) is 0 Å². The molecular weight excluding hydrogens is 414 g/mol. The summed E-state index contributed by atoms with van der Waals surface area (Å²) in [4.78, 5) is 45.5. The van der Waals surface area contributed by atoms with Gasteiger partial charge in [-0.15, -0.1) is 6.58 Å². The van der Waals surface area contributed by atoms with Crippen molar-refractivity contribution in [2.24, 2.45) is 0 Å². The molecule has 9 heteroatoms.